The Morgan fingerprint density at radius 2 is 0.842 bits per heavy atom. The molecule has 678 valence electrons. The molecular formula is C90H147F3N12O15. The van der Waals surface area contributed by atoms with Crippen molar-refractivity contribution in [2.75, 3.05) is 141 Å². The fraction of sp³-hybridized carbons (Fsp3) is 0.722. The first-order valence-electron chi connectivity index (χ1n) is 44.1. The number of nitrogens with one attached hydrogen (secondary N) is 7. The van der Waals surface area contributed by atoms with Crippen molar-refractivity contribution in [3.8, 4) is 0 Å². The van der Waals surface area contributed by atoms with Gasteiger partial charge < -0.3 is 100 Å². The molecule has 9 rings (SSSR count). The van der Waals surface area contributed by atoms with Crippen LogP contribution in [0.2, 0.25) is 0 Å². The number of ether oxygens (including phenoxy) is 8. The molecule has 3 saturated heterocycles. The molecule has 30 heteroatoms. The highest BCUT2D eigenvalue weighted by atomic mass is 19.1. The third-order valence-corrected chi connectivity index (χ3v) is 22.8. The van der Waals surface area contributed by atoms with E-state index in [2.05, 4.69) is 51.4 Å². The summed E-state index contributed by atoms with van der Waals surface area (Å²) in [7, 11) is 9.31. The van der Waals surface area contributed by atoms with E-state index in [0.29, 0.717) is 75.7 Å². The van der Waals surface area contributed by atoms with Crippen molar-refractivity contribution >= 4 is 42.5 Å². The Morgan fingerprint density at radius 3 is 1.20 bits per heavy atom. The van der Waals surface area contributed by atoms with E-state index in [1.165, 1.54) is 141 Å². The van der Waals surface area contributed by atoms with Crippen LogP contribution in [0.25, 0.3) is 0 Å². The third-order valence-electron chi connectivity index (χ3n) is 22.8. The molecular weight excluding hydrogens is 1550 g/mol. The van der Waals surface area contributed by atoms with E-state index in [0.717, 1.165) is 107 Å². The zero-order chi connectivity index (χ0) is 87.4. The number of amides is 9. The fourth-order valence-electron chi connectivity index (χ4n) is 17.1. The Morgan fingerprint density at radius 1 is 0.483 bits per heavy atom. The molecule has 6 fully saturated rings. The number of methoxy groups -OCH3 is 3. The molecule has 120 heavy (non-hydrogen) atoms. The normalized spacial score (nSPS) is 19.6. The number of hydrogen-bond donors (Lipinski definition) is 8. The van der Waals surface area contributed by atoms with Gasteiger partial charge in [-0.3, -0.25) is 0 Å². The molecule has 9 N–H and O–H groups in total. The molecule has 9 amide bonds. The number of alkyl carbamates (subject to hydrolysis) is 3. The van der Waals surface area contributed by atoms with E-state index in [1.807, 2.05) is 71.7 Å². The SMILES string of the molecule is CN(C[C@@H](N)CC1CCCCC1)C(=O)OC(C)(C)C.CNC[C@H](CC1CCCCC1)NC(=O)N1CCC[C@@H]([C@@H](OCCNC(=O)OC)c2cccc(F)c2)C1.COC(=O)NCCO[C@@H](c1cccc(F)c1)[C@@H]1CCCN(C(=O)N[C@@H](CC2CCCCC2)CN(C)C(=O)OC(C)(C)C)C1.COC(=O)NCCO[C@@H](c1cccc(F)c1)[C@@H]1CCCNC1. The maximum atomic E-state index is 14.2. The second-order valence-electron chi connectivity index (χ2n) is 35.1. The number of nitrogens with zero attached hydrogens (tertiary/aromatic N) is 4. The molecule has 0 aromatic heterocycles. The smallest absolute Gasteiger partial charge is 0.410 e. The summed E-state index contributed by atoms with van der Waals surface area (Å²) in [5, 5.41) is 20.9. The maximum absolute atomic E-state index is 14.2. The van der Waals surface area contributed by atoms with Crippen LogP contribution < -0.4 is 43.0 Å². The van der Waals surface area contributed by atoms with Crippen LogP contribution in [0.4, 0.5) is 46.7 Å². The summed E-state index contributed by atoms with van der Waals surface area (Å²) < 4.78 is 84.6. The fourth-order valence-corrected chi connectivity index (χ4v) is 17.1. The van der Waals surface area contributed by atoms with Crippen LogP contribution >= 0.6 is 0 Å². The predicted octanol–water partition coefficient (Wildman–Crippen LogP) is 15.5. The first-order chi connectivity index (χ1) is 57.4. The summed E-state index contributed by atoms with van der Waals surface area (Å²) in [6, 6.07) is 19.0. The summed E-state index contributed by atoms with van der Waals surface area (Å²) in [5.41, 5.74) is 7.38. The number of benzene rings is 3. The minimum absolute atomic E-state index is 0.0190. The number of halogens is 3. The van der Waals surface area contributed by atoms with Gasteiger partial charge in [-0.15, -0.1) is 0 Å². The molecule has 3 heterocycles. The second-order valence-corrected chi connectivity index (χ2v) is 35.1. The average molecular weight is 1690 g/mol. The largest absolute Gasteiger partial charge is 0.453 e. The number of likely N-dealkylation sites (N-methyl/N-ethyl adjacent to an activating group) is 3. The van der Waals surface area contributed by atoms with Crippen LogP contribution in [0.1, 0.15) is 231 Å². The van der Waals surface area contributed by atoms with Crippen LogP contribution in [0, 0.1) is 53.0 Å². The van der Waals surface area contributed by atoms with Crippen LogP contribution in [0.15, 0.2) is 72.8 Å². The zero-order valence-electron chi connectivity index (χ0n) is 74.1. The lowest BCUT2D eigenvalue weighted by atomic mass is 9.84. The second kappa shape index (κ2) is 54.6. The summed E-state index contributed by atoms with van der Waals surface area (Å²) in [6.07, 6.45) is 23.9. The molecule has 27 nitrogen and oxygen atoms in total. The number of carbonyl (C=O) groups is 7. The van der Waals surface area contributed by atoms with Gasteiger partial charge in [0, 0.05) is 122 Å². The summed E-state index contributed by atoms with van der Waals surface area (Å²) >= 11 is 0. The van der Waals surface area contributed by atoms with Gasteiger partial charge in [-0.1, -0.05) is 133 Å². The number of rotatable bonds is 32. The Kier molecular flexibility index (Phi) is 45.9. The number of nitrogens with two attached hydrogens (primary N) is 1. The van der Waals surface area contributed by atoms with Crippen molar-refractivity contribution in [3.05, 3.63) is 107 Å². The Hall–Kier alpha value is -7.90. The molecule has 3 aliphatic carbocycles. The van der Waals surface area contributed by atoms with E-state index < -0.39 is 41.7 Å². The van der Waals surface area contributed by atoms with E-state index >= 15 is 0 Å². The highest BCUT2D eigenvalue weighted by molar-refractivity contribution is 5.75. The molecule has 0 spiro atoms. The van der Waals surface area contributed by atoms with Crippen molar-refractivity contribution < 1.29 is 84.6 Å². The molecule has 3 aromatic rings. The minimum atomic E-state index is -0.605. The predicted molar refractivity (Wildman–Crippen MR) is 459 cm³/mol. The van der Waals surface area contributed by atoms with Crippen molar-refractivity contribution in [1.82, 2.24) is 56.8 Å². The standard InChI is InChI=1S/C32H51FN4O6.C27H43FN4O4.C16H23FN2O3.C15H30N2O2/c1-32(2,3)43-31(40)36(4)22-27(19-23-11-7-6-8-12-23)35-29(38)37-17-10-14-25(21-37)28(24-13-9-15-26(33)20-24)42-18-16-34-30(39)41-5;1-29-18-24(16-20-8-4-3-5-9-20)31-26(33)32-14-7-11-22(19-32)25(21-10-6-12-23(28)17-21)36-15-13-30-27(34)35-2;1-21-16(20)19-8-9-22-15(13-5-3-7-18-11-13)12-4-2-6-14(17)10-12;1-15(2,3)19-14(18)17(4)11-13(16)10-12-8-6-5-7-9-12/h9,13,15,20,23,25,27-28H,6-8,10-12,14,16-19,21-22H2,1-5H3,(H,34,39)(H,35,38);6,10,12,17,20,22,24-25,29H,3-5,7-9,11,13-16,18-19H2,1-2H3,(H,30,34)(H,31,33);2,4,6,10,13,15,18H,3,5,7-9,11H2,1H3,(H,19,20);12-13H,5-11,16H2,1-4H3/t25-,27+,28+;22-,24+,25+;13-,15+;13-/m1110/s1. The highest BCUT2D eigenvalue weighted by Gasteiger charge is 2.37. The quantitative estimate of drug-likeness (QED) is 0.0213. The molecule has 3 aliphatic heterocycles. The molecule has 0 bridgehead atoms. The van der Waals surface area contributed by atoms with Gasteiger partial charge in [-0.25, -0.2) is 46.7 Å². The number of hydrogen-bond acceptors (Lipinski definition) is 18. The van der Waals surface area contributed by atoms with Crippen LogP contribution in [-0.2, 0) is 37.9 Å². The van der Waals surface area contributed by atoms with E-state index in [4.69, 9.17) is 29.4 Å². The third kappa shape index (κ3) is 39.5. The summed E-state index contributed by atoms with van der Waals surface area (Å²) in [5.74, 6) is 1.24. The first-order valence-corrected chi connectivity index (χ1v) is 44.1. The van der Waals surface area contributed by atoms with Gasteiger partial charge >= 0.3 is 42.5 Å². The lowest BCUT2D eigenvalue weighted by Crippen LogP contribution is -2.53. The van der Waals surface area contributed by atoms with Gasteiger partial charge in [0.15, 0.2) is 0 Å². The zero-order valence-corrected chi connectivity index (χ0v) is 74.1. The molecule has 3 saturated carbocycles. The van der Waals surface area contributed by atoms with E-state index in [-0.39, 0.29) is 104 Å². The Labute approximate surface area is 713 Å². The van der Waals surface area contributed by atoms with Crippen molar-refractivity contribution in [2.24, 2.45) is 41.2 Å². The average Bonchev–Trinajstić information content (AvgIpc) is 0.816. The summed E-state index contributed by atoms with van der Waals surface area (Å²) in [4.78, 5) is 92.2. The van der Waals surface area contributed by atoms with Crippen molar-refractivity contribution in [3.63, 3.8) is 0 Å². The number of likely N-dealkylation sites (tertiary alicyclic amines) is 2. The number of piperidine rings is 3. The highest BCUT2D eigenvalue weighted by Crippen LogP contribution is 2.38. The molecule has 0 unspecified atom stereocenters. The van der Waals surface area contributed by atoms with Gasteiger partial charge in [0.25, 0.3) is 0 Å². The van der Waals surface area contributed by atoms with Crippen LogP contribution in [0.3, 0.4) is 0 Å². The maximum Gasteiger partial charge on any atom is 0.410 e. The van der Waals surface area contributed by atoms with Gasteiger partial charge in [-0.05, 0) is 184 Å². The van der Waals surface area contributed by atoms with Gasteiger partial charge in [0.2, 0.25) is 0 Å². The van der Waals surface area contributed by atoms with Crippen LogP contribution in [0.5, 0.6) is 0 Å². The molecule has 0 radical (unpaired) electrons. The monoisotopic (exact) mass is 1690 g/mol. The van der Waals surface area contributed by atoms with Crippen molar-refractivity contribution in [1.29, 1.82) is 0 Å². The van der Waals surface area contributed by atoms with Gasteiger partial charge in [0.05, 0.1) is 59.5 Å². The number of urea groups is 2. The summed E-state index contributed by atoms with van der Waals surface area (Å²) in [6.45, 7) is 18.6. The molecule has 9 atom stereocenters. The van der Waals surface area contributed by atoms with Gasteiger partial charge in [-0.2, -0.15) is 0 Å². The van der Waals surface area contributed by atoms with E-state index in [1.54, 1.807) is 47.0 Å². The first kappa shape index (κ1) is 101. The van der Waals surface area contributed by atoms with E-state index in [9.17, 15) is 46.7 Å². The van der Waals surface area contributed by atoms with Crippen molar-refractivity contribution in [2.45, 2.75) is 243 Å². The minimum Gasteiger partial charge on any atom is -0.453 e. The van der Waals surface area contributed by atoms with Gasteiger partial charge in [0.1, 0.15) is 28.7 Å². The Bertz CT molecular complexity index is 3470. The molecule has 3 aromatic carbocycles. The topological polar surface area (TPSA) is 317 Å². The van der Waals surface area contributed by atoms with Crippen LogP contribution in [-0.4, -0.2) is 232 Å². The lowest BCUT2D eigenvalue weighted by molar-refractivity contribution is -0.00896. The Balaban J connectivity index is 0.000000261. The number of carbonyl (C=O) groups excluding carboxylic acids is 7. The lowest BCUT2D eigenvalue weighted by Gasteiger charge is -2.38. The molecule has 6 aliphatic rings.